The average Bonchev–Trinajstić information content (AvgIpc) is 2.66. The average molecular weight is 196 g/mol. The summed E-state index contributed by atoms with van der Waals surface area (Å²) in [6.45, 7) is 1.90. The largest absolute Gasteiger partial charge is 0.364 e. The Labute approximate surface area is 82.4 Å². The van der Waals surface area contributed by atoms with E-state index in [-0.39, 0.29) is 0 Å². The molecule has 0 aliphatic carbocycles. The molecule has 0 fully saturated rings. The molecule has 1 aromatic heterocycles. The van der Waals surface area contributed by atoms with E-state index in [2.05, 4.69) is 20.8 Å². The zero-order chi connectivity index (χ0) is 9.68. The van der Waals surface area contributed by atoms with Crippen LogP contribution in [-0.4, -0.2) is 22.9 Å². The molecule has 0 amide bonds. The number of nitrogens with one attached hydrogen (secondary N) is 3. The lowest BCUT2D eigenvalue weighted by Crippen LogP contribution is -2.29. The van der Waals surface area contributed by atoms with Gasteiger partial charge in [0.25, 0.3) is 0 Å². The predicted octanol–water partition coefficient (Wildman–Crippen LogP) is 0.833. The number of H-pyrrole nitrogens is 1. The van der Waals surface area contributed by atoms with Crippen LogP contribution in [0.1, 0.15) is 12.6 Å². The van der Waals surface area contributed by atoms with E-state index in [1.54, 1.807) is 7.05 Å². The molecule has 0 aliphatic heterocycles. The van der Waals surface area contributed by atoms with Crippen molar-refractivity contribution in [1.82, 2.24) is 15.7 Å². The molecular formula is C8H12N4S. The highest BCUT2D eigenvalue weighted by molar-refractivity contribution is 7.80. The number of rotatable bonds is 2. The second kappa shape index (κ2) is 4.61. The van der Waals surface area contributed by atoms with Crippen molar-refractivity contribution in [1.29, 1.82) is 0 Å². The van der Waals surface area contributed by atoms with Crippen LogP contribution in [0.5, 0.6) is 0 Å². The summed E-state index contributed by atoms with van der Waals surface area (Å²) in [7, 11) is 1.74. The maximum Gasteiger partial charge on any atom is 0.186 e. The maximum atomic E-state index is 4.86. The minimum absolute atomic E-state index is 0.505. The first-order chi connectivity index (χ1) is 6.24. The minimum atomic E-state index is 0.505. The van der Waals surface area contributed by atoms with Crippen molar-refractivity contribution in [2.45, 2.75) is 6.92 Å². The maximum absolute atomic E-state index is 4.86. The Bertz CT molecular complexity index is 302. The summed E-state index contributed by atoms with van der Waals surface area (Å²) in [5, 5.41) is 7.34. The lowest BCUT2D eigenvalue weighted by Gasteiger charge is -2.01. The molecule has 0 atom stereocenters. The van der Waals surface area contributed by atoms with Crippen molar-refractivity contribution in [2.24, 2.45) is 5.10 Å². The molecule has 1 aromatic rings. The van der Waals surface area contributed by atoms with E-state index < -0.39 is 0 Å². The van der Waals surface area contributed by atoms with Crippen LogP contribution in [0.2, 0.25) is 0 Å². The summed E-state index contributed by atoms with van der Waals surface area (Å²) in [6, 6.07) is 3.87. The van der Waals surface area contributed by atoms with Crippen LogP contribution in [0.25, 0.3) is 0 Å². The van der Waals surface area contributed by atoms with Crippen molar-refractivity contribution in [3.63, 3.8) is 0 Å². The number of aromatic amines is 1. The van der Waals surface area contributed by atoms with E-state index in [0.29, 0.717) is 5.11 Å². The zero-order valence-corrected chi connectivity index (χ0v) is 8.40. The molecule has 0 aliphatic rings. The van der Waals surface area contributed by atoms with Crippen LogP contribution in [0, 0.1) is 0 Å². The molecule has 0 spiro atoms. The SMILES string of the molecule is CNC(=S)NN=C(C)c1ccc[nH]1. The first-order valence-corrected chi connectivity index (χ1v) is 4.30. The normalized spacial score (nSPS) is 11.1. The monoisotopic (exact) mass is 196 g/mol. The van der Waals surface area contributed by atoms with Gasteiger partial charge in [-0.25, -0.2) is 0 Å². The molecule has 0 radical (unpaired) electrons. The van der Waals surface area contributed by atoms with Gasteiger partial charge in [-0.2, -0.15) is 5.10 Å². The van der Waals surface area contributed by atoms with Gasteiger partial charge in [-0.05, 0) is 31.3 Å². The van der Waals surface area contributed by atoms with Crippen molar-refractivity contribution in [3.8, 4) is 0 Å². The van der Waals surface area contributed by atoms with Crippen LogP contribution in [0.4, 0.5) is 0 Å². The van der Waals surface area contributed by atoms with Crippen LogP contribution in [0.15, 0.2) is 23.4 Å². The summed E-state index contributed by atoms with van der Waals surface area (Å²) in [5.41, 5.74) is 4.55. The first kappa shape index (κ1) is 9.73. The number of hydrogen-bond acceptors (Lipinski definition) is 2. The highest BCUT2D eigenvalue weighted by atomic mass is 32.1. The molecule has 0 aromatic carbocycles. The van der Waals surface area contributed by atoms with Gasteiger partial charge < -0.3 is 10.3 Å². The Hall–Kier alpha value is -1.36. The Morgan fingerprint density at radius 1 is 1.62 bits per heavy atom. The van der Waals surface area contributed by atoms with Crippen molar-refractivity contribution >= 4 is 23.0 Å². The van der Waals surface area contributed by atoms with Crippen LogP contribution in [0.3, 0.4) is 0 Å². The Balaban J connectivity index is 2.57. The highest BCUT2D eigenvalue weighted by Gasteiger charge is 1.96. The predicted molar refractivity (Wildman–Crippen MR) is 57.8 cm³/mol. The van der Waals surface area contributed by atoms with Crippen molar-refractivity contribution in [2.75, 3.05) is 7.05 Å². The summed E-state index contributed by atoms with van der Waals surface area (Å²) in [6.07, 6.45) is 1.85. The molecule has 70 valence electrons. The Kier molecular flexibility index (Phi) is 3.45. The van der Waals surface area contributed by atoms with Gasteiger partial charge in [0.2, 0.25) is 0 Å². The van der Waals surface area contributed by atoms with Crippen molar-refractivity contribution in [3.05, 3.63) is 24.0 Å². The number of hydrazone groups is 1. The second-order valence-electron chi connectivity index (χ2n) is 2.47. The number of aromatic nitrogens is 1. The summed E-state index contributed by atoms with van der Waals surface area (Å²) >= 11 is 4.86. The quantitative estimate of drug-likeness (QED) is 0.373. The second-order valence-corrected chi connectivity index (χ2v) is 2.88. The molecule has 13 heavy (non-hydrogen) atoms. The van der Waals surface area contributed by atoms with E-state index in [1.165, 1.54) is 0 Å². The molecule has 0 unspecified atom stereocenters. The van der Waals surface area contributed by atoms with E-state index in [4.69, 9.17) is 12.2 Å². The molecule has 3 N–H and O–H groups in total. The molecule has 1 heterocycles. The Morgan fingerprint density at radius 2 is 2.38 bits per heavy atom. The van der Waals surface area contributed by atoms with Gasteiger partial charge in [-0.1, -0.05) is 0 Å². The van der Waals surface area contributed by atoms with Gasteiger partial charge >= 0.3 is 0 Å². The Morgan fingerprint density at radius 3 is 2.92 bits per heavy atom. The van der Waals surface area contributed by atoms with Crippen LogP contribution < -0.4 is 10.7 Å². The fourth-order valence-corrected chi connectivity index (χ4v) is 0.852. The highest BCUT2D eigenvalue weighted by Crippen LogP contribution is 1.95. The third-order valence-electron chi connectivity index (χ3n) is 1.54. The third kappa shape index (κ3) is 2.87. The smallest absolute Gasteiger partial charge is 0.186 e. The number of thiocarbonyl (C=S) groups is 1. The molecule has 0 saturated carbocycles. The lowest BCUT2D eigenvalue weighted by molar-refractivity contribution is 0.972. The molecule has 5 heteroatoms. The van der Waals surface area contributed by atoms with E-state index in [9.17, 15) is 0 Å². The molecule has 4 nitrogen and oxygen atoms in total. The first-order valence-electron chi connectivity index (χ1n) is 3.90. The van der Waals surface area contributed by atoms with Gasteiger partial charge in [0.1, 0.15) is 0 Å². The van der Waals surface area contributed by atoms with Crippen LogP contribution >= 0.6 is 12.2 Å². The fraction of sp³-hybridized carbons (Fsp3) is 0.250. The van der Waals surface area contributed by atoms with Gasteiger partial charge in [0.15, 0.2) is 5.11 Å². The number of nitrogens with zero attached hydrogens (tertiary/aromatic N) is 1. The standard InChI is InChI=1S/C8H12N4S/c1-6(7-4-3-5-10-7)11-12-8(13)9-2/h3-5,10H,1-2H3,(H2,9,12,13). The number of hydrogen-bond donors (Lipinski definition) is 3. The van der Waals surface area contributed by atoms with Crippen LogP contribution in [-0.2, 0) is 0 Å². The third-order valence-corrected chi connectivity index (χ3v) is 1.84. The van der Waals surface area contributed by atoms with Crippen molar-refractivity contribution < 1.29 is 0 Å². The fourth-order valence-electron chi connectivity index (χ4n) is 0.806. The molecule has 0 bridgehead atoms. The van der Waals surface area contributed by atoms with E-state index in [1.807, 2.05) is 25.3 Å². The molecule has 1 rings (SSSR count). The lowest BCUT2D eigenvalue weighted by atomic mass is 10.3. The summed E-state index contributed by atoms with van der Waals surface area (Å²) in [5.74, 6) is 0. The summed E-state index contributed by atoms with van der Waals surface area (Å²) < 4.78 is 0. The van der Waals surface area contributed by atoms with Gasteiger partial charge in [0.05, 0.1) is 11.4 Å². The topological polar surface area (TPSA) is 52.2 Å². The van der Waals surface area contributed by atoms with E-state index >= 15 is 0 Å². The van der Waals surface area contributed by atoms with Gasteiger partial charge in [-0.3, -0.25) is 5.43 Å². The zero-order valence-electron chi connectivity index (χ0n) is 7.59. The van der Waals surface area contributed by atoms with E-state index in [0.717, 1.165) is 11.4 Å². The summed E-state index contributed by atoms with van der Waals surface area (Å²) in [4.78, 5) is 3.04. The van der Waals surface area contributed by atoms with Gasteiger partial charge in [0, 0.05) is 13.2 Å². The molecule has 0 saturated heterocycles. The van der Waals surface area contributed by atoms with Gasteiger partial charge in [-0.15, -0.1) is 0 Å². The minimum Gasteiger partial charge on any atom is -0.364 e. The molecular weight excluding hydrogens is 184 g/mol.